The van der Waals surface area contributed by atoms with Crippen molar-refractivity contribution >= 4 is 24.0 Å². The first kappa shape index (κ1) is 11.0. The molecule has 1 fully saturated rings. The highest BCUT2D eigenvalue weighted by atomic mass is 16.6. The number of esters is 2. The molecule has 0 amide bonds. The van der Waals surface area contributed by atoms with E-state index in [4.69, 9.17) is 4.74 Å². The summed E-state index contributed by atoms with van der Waals surface area (Å²) in [7, 11) is 0. The predicted octanol–water partition coefficient (Wildman–Crippen LogP) is 1.82. The average molecular weight is 245 g/mol. The summed E-state index contributed by atoms with van der Waals surface area (Å²) >= 11 is 0. The number of fused-ring (bicyclic) bond motifs is 1. The predicted molar refractivity (Wildman–Crippen MR) is 62.5 cm³/mol. The molecule has 5 heteroatoms. The molecule has 0 aromatic heterocycles. The molecular formula is C13H11NO4. The lowest BCUT2D eigenvalue weighted by Crippen LogP contribution is -2.24. The van der Waals surface area contributed by atoms with Crippen LogP contribution in [0.5, 0.6) is 0 Å². The number of aliphatic imine (C=N–C) groups is 1. The average Bonchev–Trinajstić information content (AvgIpc) is 2.37. The lowest BCUT2D eigenvalue weighted by atomic mass is 9.89. The largest absolute Gasteiger partial charge is 0.478 e. The van der Waals surface area contributed by atoms with Crippen molar-refractivity contribution in [2.24, 2.45) is 4.99 Å². The van der Waals surface area contributed by atoms with Gasteiger partial charge in [0.2, 0.25) is 0 Å². The van der Waals surface area contributed by atoms with Crippen LogP contribution < -0.4 is 0 Å². The molecule has 1 aromatic carbocycles. The minimum Gasteiger partial charge on any atom is -0.478 e. The number of benzene rings is 1. The number of nitrogens with zero attached hydrogens (tertiary/aromatic N) is 1. The molecule has 5 nitrogen and oxygen atoms in total. The summed E-state index contributed by atoms with van der Waals surface area (Å²) in [6, 6.07) is 5.73. The smallest absolute Gasteiger partial charge is 0.314 e. The zero-order chi connectivity index (χ0) is 12.5. The molecule has 1 saturated heterocycles. The molecule has 0 bridgehead atoms. The molecule has 3 rings (SSSR count). The van der Waals surface area contributed by atoms with Gasteiger partial charge in [-0.1, -0.05) is 6.07 Å². The molecule has 0 spiro atoms. The van der Waals surface area contributed by atoms with Crippen LogP contribution in [0.4, 0.5) is 5.69 Å². The number of ether oxygens (including phenoxy) is 2. The summed E-state index contributed by atoms with van der Waals surface area (Å²) in [6.07, 6.45) is 1.91. The van der Waals surface area contributed by atoms with E-state index in [9.17, 15) is 9.59 Å². The second-order valence-electron chi connectivity index (χ2n) is 4.38. The maximum Gasteiger partial charge on any atom is 0.314 e. The summed E-state index contributed by atoms with van der Waals surface area (Å²) in [5.41, 5.74) is 2.80. The standard InChI is InChI=1S/C13H11NO4/c15-12-4-9(5-13(16)18-12)8-1-2-11-10(3-8)6-17-7-14-11/h1-3,7,9H,4-6H2. The lowest BCUT2D eigenvalue weighted by molar-refractivity contribution is -0.163. The zero-order valence-corrected chi connectivity index (χ0v) is 9.59. The summed E-state index contributed by atoms with van der Waals surface area (Å²) in [5.74, 6) is -1.01. The van der Waals surface area contributed by atoms with Crippen molar-refractivity contribution in [1.29, 1.82) is 0 Å². The van der Waals surface area contributed by atoms with Crippen molar-refractivity contribution in [3.05, 3.63) is 29.3 Å². The maximum absolute atomic E-state index is 11.3. The Morgan fingerprint density at radius 2 is 1.94 bits per heavy atom. The Kier molecular flexibility index (Phi) is 2.59. The van der Waals surface area contributed by atoms with Gasteiger partial charge in [0, 0.05) is 11.5 Å². The summed E-state index contributed by atoms with van der Waals surface area (Å²) in [4.78, 5) is 26.6. The SMILES string of the molecule is O=C1CC(c2ccc3c(c2)COC=N3)CC(=O)O1. The van der Waals surface area contributed by atoms with E-state index in [0.717, 1.165) is 16.8 Å². The van der Waals surface area contributed by atoms with Gasteiger partial charge >= 0.3 is 11.9 Å². The third-order valence-electron chi connectivity index (χ3n) is 3.13. The monoisotopic (exact) mass is 245 g/mol. The summed E-state index contributed by atoms with van der Waals surface area (Å²) in [6.45, 7) is 0.470. The Bertz CT molecular complexity index is 534. The van der Waals surface area contributed by atoms with Crippen molar-refractivity contribution < 1.29 is 19.1 Å². The van der Waals surface area contributed by atoms with E-state index in [2.05, 4.69) is 9.73 Å². The van der Waals surface area contributed by atoms with Crippen LogP contribution in [0.2, 0.25) is 0 Å². The molecule has 92 valence electrons. The summed E-state index contributed by atoms with van der Waals surface area (Å²) in [5, 5.41) is 0. The first-order valence-electron chi connectivity index (χ1n) is 5.73. The van der Waals surface area contributed by atoms with Crippen LogP contribution >= 0.6 is 0 Å². The molecule has 2 aliphatic rings. The topological polar surface area (TPSA) is 65.0 Å². The molecular weight excluding hydrogens is 234 g/mol. The third-order valence-corrected chi connectivity index (χ3v) is 3.13. The molecule has 1 aromatic rings. The van der Waals surface area contributed by atoms with Gasteiger partial charge < -0.3 is 9.47 Å². The van der Waals surface area contributed by atoms with E-state index in [1.165, 1.54) is 6.40 Å². The Labute approximate surface area is 103 Å². The number of rotatable bonds is 1. The molecule has 0 unspecified atom stereocenters. The first-order valence-corrected chi connectivity index (χ1v) is 5.73. The molecule has 0 atom stereocenters. The van der Waals surface area contributed by atoms with Gasteiger partial charge in [0.25, 0.3) is 0 Å². The third kappa shape index (κ3) is 1.99. The quantitative estimate of drug-likeness (QED) is 0.559. The molecule has 2 heterocycles. The molecule has 0 N–H and O–H groups in total. The van der Waals surface area contributed by atoms with E-state index in [0.29, 0.717) is 6.61 Å². The van der Waals surface area contributed by atoms with E-state index in [1.807, 2.05) is 18.2 Å². The Balaban J connectivity index is 1.90. The van der Waals surface area contributed by atoms with Crippen molar-refractivity contribution in [2.45, 2.75) is 25.4 Å². The van der Waals surface area contributed by atoms with Gasteiger partial charge in [-0.3, -0.25) is 9.59 Å². The van der Waals surface area contributed by atoms with E-state index >= 15 is 0 Å². The Hall–Kier alpha value is -2.17. The van der Waals surface area contributed by atoms with Crippen molar-refractivity contribution in [1.82, 2.24) is 0 Å². The fraction of sp³-hybridized carbons (Fsp3) is 0.308. The highest BCUT2D eigenvalue weighted by molar-refractivity contribution is 5.89. The lowest BCUT2D eigenvalue weighted by Gasteiger charge is -2.21. The molecule has 0 aliphatic carbocycles. The van der Waals surface area contributed by atoms with Gasteiger partial charge in [-0.25, -0.2) is 4.99 Å². The molecule has 2 aliphatic heterocycles. The highest BCUT2D eigenvalue weighted by Crippen LogP contribution is 2.32. The zero-order valence-electron chi connectivity index (χ0n) is 9.59. The van der Waals surface area contributed by atoms with Crippen LogP contribution in [0.15, 0.2) is 23.2 Å². The normalized spacial score (nSPS) is 19.1. The number of hydrogen-bond donors (Lipinski definition) is 0. The fourth-order valence-corrected chi connectivity index (χ4v) is 2.24. The van der Waals surface area contributed by atoms with Gasteiger partial charge in [-0.2, -0.15) is 0 Å². The molecule has 18 heavy (non-hydrogen) atoms. The van der Waals surface area contributed by atoms with Gasteiger partial charge in [0.1, 0.15) is 6.61 Å². The highest BCUT2D eigenvalue weighted by Gasteiger charge is 2.28. The van der Waals surface area contributed by atoms with Gasteiger partial charge in [-0.05, 0) is 17.7 Å². The van der Waals surface area contributed by atoms with Gasteiger partial charge in [0.05, 0.1) is 18.5 Å². The number of hydrogen-bond acceptors (Lipinski definition) is 5. The van der Waals surface area contributed by atoms with Crippen LogP contribution in [0.3, 0.4) is 0 Å². The van der Waals surface area contributed by atoms with E-state index in [-0.39, 0.29) is 18.8 Å². The van der Waals surface area contributed by atoms with Crippen LogP contribution in [0.1, 0.15) is 29.9 Å². The number of carbonyl (C=O) groups excluding carboxylic acids is 2. The minimum absolute atomic E-state index is 0.102. The van der Waals surface area contributed by atoms with Gasteiger partial charge in [-0.15, -0.1) is 0 Å². The van der Waals surface area contributed by atoms with Crippen LogP contribution in [-0.2, 0) is 25.7 Å². The van der Waals surface area contributed by atoms with Crippen LogP contribution in [0, 0.1) is 0 Å². The minimum atomic E-state index is -0.455. The molecule has 0 saturated carbocycles. The first-order chi connectivity index (χ1) is 8.72. The van der Waals surface area contributed by atoms with Gasteiger partial charge in [0.15, 0.2) is 6.40 Å². The van der Waals surface area contributed by atoms with Crippen LogP contribution in [-0.4, -0.2) is 18.3 Å². The van der Waals surface area contributed by atoms with E-state index < -0.39 is 11.9 Å². The molecule has 0 radical (unpaired) electrons. The summed E-state index contributed by atoms with van der Waals surface area (Å²) < 4.78 is 9.65. The fourth-order valence-electron chi connectivity index (χ4n) is 2.24. The second kappa shape index (κ2) is 4.25. The Morgan fingerprint density at radius 3 is 2.72 bits per heavy atom. The number of cyclic esters (lactones) is 2. The van der Waals surface area contributed by atoms with Crippen molar-refractivity contribution in [2.75, 3.05) is 0 Å². The number of carbonyl (C=O) groups is 2. The van der Waals surface area contributed by atoms with Crippen molar-refractivity contribution in [3.63, 3.8) is 0 Å². The second-order valence-corrected chi connectivity index (χ2v) is 4.38. The van der Waals surface area contributed by atoms with Crippen LogP contribution in [0.25, 0.3) is 0 Å². The Morgan fingerprint density at radius 1 is 1.17 bits per heavy atom. The van der Waals surface area contributed by atoms with Crippen molar-refractivity contribution in [3.8, 4) is 0 Å². The van der Waals surface area contributed by atoms with E-state index in [1.54, 1.807) is 0 Å². The maximum atomic E-state index is 11.3.